The number of nitrogens with one attached hydrogen (secondary N) is 1. The van der Waals surface area contributed by atoms with Crippen LogP contribution in [0.4, 0.5) is 5.69 Å². The van der Waals surface area contributed by atoms with Crippen LogP contribution in [0.3, 0.4) is 0 Å². The van der Waals surface area contributed by atoms with Gasteiger partial charge in [0, 0.05) is 5.56 Å². The molecule has 1 fully saturated rings. The largest absolute Gasteiger partial charge is 0.481 e. The molecule has 1 aromatic rings. The van der Waals surface area contributed by atoms with Gasteiger partial charge in [0.05, 0.1) is 30.0 Å². The van der Waals surface area contributed by atoms with Gasteiger partial charge in [-0.05, 0) is 18.2 Å². The number of hydrogen-bond acceptors (Lipinski definition) is 4. The minimum atomic E-state index is -0.988. The Balaban J connectivity index is 2.08. The number of hydrogen-bond donors (Lipinski definition) is 3. The van der Waals surface area contributed by atoms with Crippen LogP contribution in [0, 0.1) is 5.92 Å². The summed E-state index contributed by atoms with van der Waals surface area (Å²) in [6.45, 7) is 0.287. The summed E-state index contributed by atoms with van der Waals surface area (Å²) in [5, 5.41) is 12.0. The Hall–Kier alpha value is -1.79. The molecule has 1 aliphatic heterocycles. The molecule has 0 radical (unpaired) electrons. The number of nitrogen functional groups attached to an aromatic ring is 1. The van der Waals surface area contributed by atoms with Crippen LogP contribution in [-0.4, -0.2) is 36.2 Å². The molecule has 0 bridgehead atoms. The van der Waals surface area contributed by atoms with E-state index in [9.17, 15) is 9.59 Å². The first-order valence-corrected chi connectivity index (χ1v) is 6.03. The third-order valence-electron chi connectivity index (χ3n) is 2.97. The maximum Gasteiger partial charge on any atom is 0.311 e. The summed E-state index contributed by atoms with van der Waals surface area (Å²) in [4.78, 5) is 22.9. The van der Waals surface area contributed by atoms with Gasteiger partial charge in [-0.1, -0.05) is 11.6 Å². The molecule has 1 saturated heterocycles. The van der Waals surface area contributed by atoms with Gasteiger partial charge in [0.1, 0.15) is 5.92 Å². The summed E-state index contributed by atoms with van der Waals surface area (Å²) in [6.07, 6.45) is 0. The SMILES string of the molecule is Nc1cc(C(=O)NC2COCC2C(=O)O)ccc1Cl. The average molecular weight is 285 g/mol. The van der Waals surface area contributed by atoms with Crippen LogP contribution in [-0.2, 0) is 9.53 Å². The number of carboxylic acid groups (broad SMARTS) is 1. The molecule has 19 heavy (non-hydrogen) atoms. The fourth-order valence-corrected chi connectivity index (χ4v) is 1.99. The summed E-state index contributed by atoms with van der Waals surface area (Å²) in [5.41, 5.74) is 6.24. The highest BCUT2D eigenvalue weighted by molar-refractivity contribution is 6.33. The van der Waals surface area contributed by atoms with Crippen LogP contribution in [0.5, 0.6) is 0 Å². The topological polar surface area (TPSA) is 102 Å². The van der Waals surface area contributed by atoms with Crippen molar-refractivity contribution in [1.29, 1.82) is 0 Å². The van der Waals surface area contributed by atoms with Gasteiger partial charge in [-0.3, -0.25) is 9.59 Å². The minimum absolute atomic E-state index is 0.100. The number of nitrogens with two attached hydrogens (primary N) is 1. The lowest BCUT2D eigenvalue weighted by Crippen LogP contribution is -2.42. The van der Waals surface area contributed by atoms with E-state index >= 15 is 0 Å². The van der Waals surface area contributed by atoms with Crippen molar-refractivity contribution in [2.24, 2.45) is 5.92 Å². The van der Waals surface area contributed by atoms with Crippen molar-refractivity contribution in [2.75, 3.05) is 18.9 Å². The molecule has 1 aromatic carbocycles. The third kappa shape index (κ3) is 2.97. The van der Waals surface area contributed by atoms with E-state index in [0.717, 1.165) is 0 Å². The Morgan fingerprint density at radius 1 is 1.42 bits per heavy atom. The van der Waals surface area contributed by atoms with Gasteiger partial charge < -0.3 is 20.9 Å². The van der Waals surface area contributed by atoms with Crippen molar-refractivity contribution < 1.29 is 19.4 Å². The molecule has 4 N–H and O–H groups in total. The van der Waals surface area contributed by atoms with Gasteiger partial charge in [-0.2, -0.15) is 0 Å². The Bertz CT molecular complexity index is 520. The third-order valence-corrected chi connectivity index (χ3v) is 3.32. The molecule has 0 saturated carbocycles. The van der Waals surface area contributed by atoms with E-state index in [0.29, 0.717) is 16.3 Å². The predicted molar refractivity (Wildman–Crippen MR) is 69.1 cm³/mol. The zero-order valence-corrected chi connectivity index (χ0v) is 10.7. The Labute approximate surface area is 114 Å². The van der Waals surface area contributed by atoms with Crippen molar-refractivity contribution in [3.63, 3.8) is 0 Å². The fourth-order valence-electron chi connectivity index (χ4n) is 1.88. The van der Waals surface area contributed by atoms with Gasteiger partial charge >= 0.3 is 5.97 Å². The lowest BCUT2D eigenvalue weighted by molar-refractivity contribution is -0.142. The average Bonchev–Trinajstić information content (AvgIpc) is 2.80. The molecule has 1 aliphatic rings. The molecule has 2 rings (SSSR count). The quantitative estimate of drug-likeness (QED) is 0.711. The number of carbonyl (C=O) groups excluding carboxylic acids is 1. The number of ether oxygens (including phenoxy) is 1. The Morgan fingerprint density at radius 2 is 2.16 bits per heavy atom. The summed E-state index contributed by atoms with van der Waals surface area (Å²) >= 11 is 5.77. The van der Waals surface area contributed by atoms with Crippen molar-refractivity contribution in [1.82, 2.24) is 5.32 Å². The van der Waals surface area contributed by atoms with E-state index in [1.165, 1.54) is 18.2 Å². The van der Waals surface area contributed by atoms with Gasteiger partial charge in [-0.25, -0.2) is 0 Å². The molecule has 7 heteroatoms. The standard InChI is InChI=1S/C12H13ClN2O4/c13-8-2-1-6(3-9(8)14)11(16)15-10-5-19-4-7(10)12(17)18/h1-3,7,10H,4-5,14H2,(H,15,16)(H,17,18). The van der Waals surface area contributed by atoms with Gasteiger partial charge in [0.2, 0.25) is 0 Å². The number of amides is 1. The van der Waals surface area contributed by atoms with E-state index < -0.39 is 23.8 Å². The van der Waals surface area contributed by atoms with E-state index in [1.54, 1.807) is 0 Å². The van der Waals surface area contributed by atoms with Crippen LogP contribution in [0.2, 0.25) is 5.02 Å². The first kappa shape index (κ1) is 13.6. The van der Waals surface area contributed by atoms with Crippen molar-refractivity contribution in [3.8, 4) is 0 Å². The molecule has 1 amide bonds. The van der Waals surface area contributed by atoms with Gasteiger partial charge in [-0.15, -0.1) is 0 Å². The van der Waals surface area contributed by atoms with Crippen LogP contribution in [0.25, 0.3) is 0 Å². The number of carbonyl (C=O) groups is 2. The summed E-state index contributed by atoms with van der Waals surface area (Å²) < 4.78 is 5.07. The number of halogens is 1. The van der Waals surface area contributed by atoms with Crippen LogP contribution in [0.15, 0.2) is 18.2 Å². The molecular formula is C12H13ClN2O4. The normalized spacial score (nSPS) is 22.2. The zero-order chi connectivity index (χ0) is 14.0. The number of benzene rings is 1. The number of rotatable bonds is 3. The van der Waals surface area contributed by atoms with Crippen molar-refractivity contribution >= 4 is 29.2 Å². The second-order valence-electron chi connectivity index (χ2n) is 4.30. The molecule has 0 aliphatic carbocycles. The summed E-state index contributed by atoms with van der Waals surface area (Å²) in [5.74, 6) is -2.11. The number of aliphatic carboxylic acids is 1. The van der Waals surface area contributed by atoms with Crippen molar-refractivity contribution in [3.05, 3.63) is 28.8 Å². The highest BCUT2D eigenvalue weighted by atomic mass is 35.5. The molecule has 6 nitrogen and oxygen atoms in total. The first-order chi connectivity index (χ1) is 8.99. The van der Waals surface area contributed by atoms with Crippen LogP contribution >= 0.6 is 11.6 Å². The summed E-state index contributed by atoms with van der Waals surface area (Å²) in [7, 11) is 0. The Morgan fingerprint density at radius 3 is 2.79 bits per heavy atom. The molecule has 0 aromatic heterocycles. The second kappa shape index (κ2) is 5.46. The highest BCUT2D eigenvalue weighted by Crippen LogP contribution is 2.20. The number of anilines is 1. The highest BCUT2D eigenvalue weighted by Gasteiger charge is 2.35. The summed E-state index contributed by atoms with van der Waals surface area (Å²) in [6, 6.07) is 3.95. The molecule has 1 heterocycles. The van der Waals surface area contributed by atoms with E-state index in [1.807, 2.05) is 0 Å². The monoisotopic (exact) mass is 284 g/mol. The van der Waals surface area contributed by atoms with Crippen LogP contribution < -0.4 is 11.1 Å². The minimum Gasteiger partial charge on any atom is -0.481 e. The molecule has 2 atom stereocenters. The van der Waals surface area contributed by atoms with Crippen LogP contribution in [0.1, 0.15) is 10.4 Å². The van der Waals surface area contributed by atoms with Crippen molar-refractivity contribution in [2.45, 2.75) is 6.04 Å². The molecular weight excluding hydrogens is 272 g/mol. The lowest BCUT2D eigenvalue weighted by atomic mass is 10.0. The smallest absolute Gasteiger partial charge is 0.311 e. The lowest BCUT2D eigenvalue weighted by Gasteiger charge is -2.15. The molecule has 102 valence electrons. The van der Waals surface area contributed by atoms with E-state index in [-0.39, 0.29) is 13.2 Å². The first-order valence-electron chi connectivity index (χ1n) is 5.65. The number of carboxylic acids is 1. The predicted octanol–water partition coefficient (Wildman–Crippen LogP) is 0.752. The van der Waals surface area contributed by atoms with Gasteiger partial charge in [0.25, 0.3) is 5.91 Å². The van der Waals surface area contributed by atoms with Gasteiger partial charge in [0.15, 0.2) is 0 Å². The van der Waals surface area contributed by atoms with E-state index in [2.05, 4.69) is 5.32 Å². The van der Waals surface area contributed by atoms with E-state index in [4.69, 9.17) is 27.2 Å². The zero-order valence-electron chi connectivity index (χ0n) is 9.93. The molecule has 2 unspecified atom stereocenters. The fraction of sp³-hybridized carbons (Fsp3) is 0.333. The maximum absolute atomic E-state index is 12.0. The molecule has 0 spiro atoms. The Kier molecular flexibility index (Phi) is 3.92. The maximum atomic E-state index is 12.0. The second-order valence-corrected chi connectivity index (χ2v) is 4.71.